The summed E-state index contributed by atoms with van der Waals surface area (Å²) >= 11 is 0. The van der Waals surface area contributed by atoms with E-state index in [1.165, 1.54) is 7.05 Å². The summed E-state index contributed by atoms with van der Waals surface area (Å²) in [4.78, 5) is 0. The van der Waals surface area contributed by atoms with Gasteiger partial charge >= 0.3 is 10.4 Å². The fourth-order valence-electron chi connectivity index (χ4n) is 0.793. The number of rotatable bonds is 5. The monoisotopic (exact) mass is 226 g/mol. The SMILES string of the molecule is CCC(C)N(/C=C\[NH+](C)[O-])S(=O)(=O)F. The number of quaternary nitrogens is 1. The van der Waals surface area contributed by atoms with E-state index in [4.69, 9.17) is 0 Å². The molecule has 0 aromatic carbocycles. The Morgan fingerprint density at radius 1 is 1.64 bits per heavy atom. The molecule has 0 heterocycles. The maximum atomic E-state index is 12.7. The first-order chi connectivity index (χ1) is 6.29. The lowest BCUT2D eigenvalue weighted by Gasteiger charge is -2.21. The molecule has 0 aliphatic carbocycles. The fourth-order valence-corrected chi connectivity index (χ4v) is 1.58. The van der Waals surface area contributed by atoms with Gasteiger partial charge in [0.1, 0.15) is 6.20 Å². The Hall–Kier alpha value is -0.660. The molecule has 0 saturated carbocycles. The second-order valence-electron chi connectivity index (χ2n) is 2.96. The first kappa shape index (κ1) is 13.3. The van der Waals surface area contributed by atoms with E-state index < -0.39 is 16.5 Å². The third-order valence-corrected chi connectivity index (χ3v) is 2.72. The zero-order chi connectivity index (χ0) is 11.4. The van der Waals surface area contributed by atoms with Gasteiger partial charge < -0.3 is 10.3 Å². The van der Waals surface area contributed by atoms with Gasteiger partial charge in [-0.25, -0.2) is 4.31 Å². The molecule has 84 valence electrons. The van der Waals surface area contributed by atoms with Gasteiger partial charge in [-0.1, -0.05) is 10.8 Å². The van der Waals surface area contributed by atoms with E-state index in [0.717, 1.165) is 12.4 Å². The highest BCUT2D eigenvalue weighted by Gasteiger charge is 2.22. The quantitative estimate of drug-likeness (QED) is 0.521. The number of nitrogens with zero attached hydrogens (tertiary/aromatic N) is 1. The van der Waals surface area contributed by atoms with Crippen molar-refractivity contribution in [1.29, 1.82) is 0 Å². The van der Waals surface area contributed by atoms with Gasteiger partial charge in [-0.05, 0) is 13.3 Å². The molecule has 7 heteroatoms. The molecule has 0 bridgehead atoms. The minimum Gasteiger partial charge on any atom is -0.629 e. The van der Waals surface area contributed by atoms with Crippen molar-refractivity contribution in [3.8, 4) is 0 Å². The van der Waals surface area contributed by atoms with Crippen LogP contribution in [0.1, 0.15) is 20.3 Å². The Balaban J connectivity index is 4.76. The lowest BCUT2D eigenvalue weighted by Crippen LogP contribution is -2.98. The van der Waals surface area contributed by atoms with Crippen LogP contribution in [0.15, 0.2) is 12.4 Å². The van der Waals surface area contributed by atoms with Crippen LogP contribution in [0.25, 0.3) is 0 Å². The minimum absolute atomic E-state index is 0.332. The van der Waals surface area contributed by atoms with Crippen molar-refractivity contribution in [2.75, 3.05) is 7.05 Å². The Bertz CT molecular complexity index is 289. The predicted molar refractivity (Wildman–Crippen MR) is 51.0 cm³/mol. The van der Waals surface area contributed by atoms with Gasteiger partial charge in [-0.2, -0.15) is 8.42 Å². The van der Waals surface area contributed by atoms with Crippen molar-refractivity contribution in [3.05, 3.63) is 17.6 Å². The zero-order valence-corrected chi connectivity index (χ0v) is 9.21. The number of hydroxylamine groups is 2. The highest BCUT2D eigenvalue weighted by molar-refractivity contribution is 7.84. The summed E-state index contributed by atoms with van der Waals surface area (Å²) in [6.07, 6.45) is 2.43. The molecule has 0 amide bonds. The topological polar surface area (TPSA) is 64.9 Å². The Kier molecular flexibility index (Phi) is 5.03. The molecule has 1 N–H and O–H groups in total. The molecule has 0 saturated heterocycles. The van der Waals surface area contributed by atoms with Crippen LogP contribution in [0.4, 0.5) is 3.89 Å². The Labute approximate surface area is 83.7 Å². The highest BCUT2D eigenvalue weighted by atomic mass is 32.3. The van der Waals surface area contributed by atoms with Crippen molar-refractivity contribution in [1.82, 2.24) is 4.31 Å². The van der Waals surface area contributed by atoms with Crippen LogP contribution < -0.4 is 5.06 Å². The summed E-state index contributed by atoms with van der Waals surface area (Å²) in [7, 11) is -3.52. The molecule has 2 unspecified atom stereocenters. The van der Waals surface area contributed by atoms with Crippen molar-refractivity contribution in [2.45, 2.75) is 26.3 Å². The van der Waals surface area contributed by atoms with Crippen LogP contribution >= 0.6 is 0 Å². The Morgan fingerprint density at radius 3 is 2.43 bits per heavy atom. The molecule has 0 aliphatic rings. The van der Waals surface area contributed by atoms with Gasteiger partial charge in [0.2, 0.25) is 0 Å². The van der Waals surface area contributed by atoms with Gasteiger partial charge in [0.25, 0.3) is 0 Å². The third kappa shape index (κ3) is 4.54. The smallest absolute Gasteiger partial charge is 0.399 e. The lowest BCUT2D eigenvalue weighted by atomic mass is 10.3. The number of hydrogen-bond acceptors (Lipinski definition) is 3. The van der Waals surface area contributed by atoms with Crippen molar-refractivity contribution in [3.63, 3.8) is 0 Å². The molecule has 0 rings (SSSR count). The first-order valence-corrected chi connectivity index (χ1v) is 5.55. The van der Waals surface area contributed by atoms with E-state index in [1.807, 2.05) is 0 Å². The molecule has 0 radical (unpaired) electrons. The second-order valence-corrected chi connectivity index (χ2v) is 4.20. The van der Waals surface area contributed by atoms with Gasteiger partial charge in [0, 0.05) is 6.04 Å². The summed E-state index contributed by atoms with van der Waals surface area (Å²) in [5, 5.41) is 10.2. The van der Waals surface area contributed by atoms with Gasteiger partial charge in [-0.15, -0.1) is 0 Å². The molecule has 2 atom stereocenters. The van der Waals surface area contributed by atoms with E-state index in [1.54, 1.807) is 13.8 Å². The molecular weight excluding hydrogens is 211 g/mol. The molecule has 14 heavy (non-hydrogen) atoms. The number of nitrogens with one attached hydrogen (secondary N) is 1. The standard InChI is InChI=1S/C7H15FN2O3S/c1-4-7(2)10(14(8,12)13)6-5-9(3)11/h5-7,9H,4H2,1-3H3/b6-5-. The van der Waals surface area contributed by atoms with E-state index in [-0.39, 0.29) is 5.06 Å². The van der Waals surface area contributed by atoms with Crippen molar-refractivity contribution < 1.29 is 17.4 Å². The van der Waals surface area contributed by atoms with Crippen molar-refractivity contribution >= 4 is 10.4 Å². The largest absolute Gasteiger partial charge is 0.629 e. The maximum absolute atomic E-state index is 12.7. The van der Waals surface area contributed by atoms with E-state index >= 15 is 0 Å². The number of halogens is 1. The van der Waals surface area contributed by atoms with Crippen molar-refractivity contribution in [2.24, 2.45) is 0 Å². The van der Waals surface area contributed by atoms with Crippen LogP contribution in [0.5, 0.6) is 0 Å². The molecule has 0 spiro atoms. The highest BCUT2D eigenvalue weighted by Crippen LogP contribution is 2.11. The van der Waals surface area contributed by atoms with Crippen LogP contribution in [0.2, 0.25) is 0 Å². The molecule has 0 aliphatic heterocycles. The van der Waals surface area contributed by atoms with Crippen LogP contribution in [-0.4, -0.2) is 25.8 Å². The number of hydrogen-bond donors (Lipinski definition) is 1. The Morgan fingerprint density at radius 2 is 2.14 bits per heavy atom. The normalized spacial score (nSPS) is 16.9. The van der Waals surface area contributed by atoms with E-state index in [9.17, 15) is 17.5 Å². The average molecular weight is 226 g/mol. The predicted octanol–water partition coefficient (Wildman–Crippen LogP) is -0.215. The van der Waals surface area contributed by atoms with Crippen LogP contribution in [-0.2, 0) is 10.4 Å². The lowest BCUT2D eigenvalue weighted by molar-refractivity contribution is -0.767. The molecular formula is C7H15FN2O3S. The van der Waals surface area contributed by atoms with E-state index in [0.29, 0.717) is 10.7 Å². The second kappa shape index (κ2) is 5.28. The van der Waals surface area contributed by atoms with Gasteiger partial charge in [-0.3, -0.25) is 0 Å². The summed E-state index contributed by atoms with van der Waals surface area (Å²) in [5.74, 6) is 0. The van der Waals surface area contributed by atoms with Crippen LogP contribution in [0, 0.1) is 5.21 Å². The maximum Gasteiger partial charge on any atom is 0.399 e. The molecule has 0 fully saturated rings. The zero-order valence-electron chi connectivity index (χ0n) is 8.40. The molecule has 0 aromatic heterocycles. The summed E-state index contributed by atoms with van der Waals surface area (Å²) < 4.78 is 34.5. The average Bonchev–Trinajstić information content (AvgIpc) is 2.01. The minimum atomic E-state index is -4.78. The van der Waals surface area contributed by atoms with Crippen LogP contribution in [0.3, 0.4) is 0 Å². The summed E-state index contributed by atoms with van der Waals surface area (Å²) in [6, 6.07) is -0.499. The molecule has 5 nitrogen and oxygen atoms in total. The first-order valence-electron chi connectivity index (χ1n) is 4.21. The van der Waals surface area contributed by atoms with Gasteiger partial charge in [0.15, 0.2) is 0 Å². The van der Waals surface area contributed by atoms with Gasteiger partial charge in [0.05, 0.1) is 13.2 Å². The third-order valence-electron chi connectivity index (χ3n) is 1.73. The molecule has 0 aromatic rings. The summed E-state index contributed by atoms with van der Waals surface area (Å²) in [5.41, 5.74) is 0. The summed E-state index contributed by atoms with van der Waals surface area (Å²) in [6.45, 7) is 3.28. The fraction of sp³-hybridized carbons (Fsp3) is 0.714. The van der Waals surface area contributed by atoms with E-state index in [2.05, 4.69) is 0 Å².